The van der Waals surface area contributed by atoms with E-state index in [9.17, 15) is 32.8 Å². The summed E-state index contributed by atoms with van der Waals surface area (Å²) in [4.78, 5) is 47.4. The molecule has 45 heavy (non-hydrogen) atoms. The molecule has 0 spiro atoms. The van der Waals surface area contributed by atoms with Crippen molar-refractivity contribution in [2.75, 3.05) is 9.80 Å². The molecule has 3 aromatic rings. The number of hydrogen-bond donors (Lipinski definition) is 0. The molecule has 0 unspecified atom stereocenters. The van der Waals surface area contributed by atoms with Crippen LogP contribution >= 0.6 is 11.6 Å². The number of rotatable bonds is 9. The number of aromatic nitrogens is 1. The van der Waals surface area contributed by atoms with Gasteiger partial charge >= 0.3 is 0 Å². The van der Waals surface area contributed by atoms with Crippen molar-refractivity contribution in [2.24, 2.45) is 5.92 Å². The monoisotopic (exact) mass is 638 g/mol. The Morgan fingerprint density at radius 3 is 2.58 bits per heavy atom. The summed E-state index contributed by atoms with van der Waals surface area (Å²) in [6.45, 7) is 0. The van der Waals surface area contributed by atoms with Crippen LogP contribution in [0.5, 0.6) is 0 Å². The summed E-state index contributed by atoms with van der Waals surface area (Å²) in [7, 11) is 0. The van der Waals surface area contributed by atoms with Crippen molar-refractivity contribution >= 4 is 40.7 Å². The molecule has 2 aliphatic rings. The van der Waals surface area contributed by atoms with Crippen LogP contribution in [-0.4, -0.2) is 40.7 Å². The van der Waals surface area contributed by atoms with E-state index in [0.29, 0.717) is 0 Å². The van der Waals surface area contributed by atoms with Gasteiger partial charge in [0.2, 0.25) is 5.92 Å². The lowest BCUT2D eigenvalue weighted by molar-refractivity contribution is -0.126. The summed E-state index contributed by atoms with van der Waals surface area (Å²) in [5, 5.41) is 9.44. The zero-order valence-electron chi connectivity index (χ0n) is 23.9. The molecule has 1 aliphatic heterocycles. The van der Waals surface area contributed by atoms with Gasteiger partial charge < -0.3 is 0 Å². The Kier molecular flexibility index (Phi) is 9.40. The van der Waals surface area contributed by atoms with Crippen LogP contribution in [0.2, 0.25) is 5.02 Å². The van der Waals surface area contributed by atoms with Gasteiger partial charge in [0.1, 0.15) is 35.4 Å². The normalized spacial score (nSPS) is 20.3. The molecular weight excluding hydrogens is 612 g/mol. The summed E-state index contributed by atoms with van der Waals surface area (Å²) in [5.74, 6) is -6.33. The van der Waals surface area contributed by atoms with Crippen molar-refractivity contribution in [1.29, 1.82) is 5.26 Å². The lowest BCUT2D eigenvalue weighted by Gasteiger charge is -2.36. The summed E-state index contributed by atoms with van der Waals surface area (Å²) in [5.41, 5.74) is 0.0916. The number of nitriles is 1. The fourth-order valence-electron chi connectivity index (χ4n) is 5.93. The van der Waals surface area contributed by atoms with Crippen LogP contribution in [0, 0.1) is 35.3 Å². The van der Waals surface area contributed by atoms with Gasteiger partial charge in [0, 0.05) is 54.2 Å². The smallest absolute Gasteiger partial charge is 0.263 e. The third kappa shape index (κ3) is 6.94. The van der Waals surface area contributed by atoms with Crippen LogP contribution < -0.4 is 9.80 Å². The fourth-order valence-corrected chi connectivity index (χ4v) is 6.17. The number of alkyl halides is 3. The molecule has 0 bridgehead atoms. The molecule has 5 rings (SSSR count). The largest absolute Gasteiger partial charge is 0.297 e. The van der Waals surface area contributed by atoms with Crippen molar-refractivity contribution in [2.45, 2.75) is 69.1 Å². The van der Waals surface area contributed by atoms with Crippen molar-refractivity contribution in [1.82, 2.24) is 4.98 Å². The van der Waals surface area contributed by atoms with Gasteiger partial charge in [0.25, 0.3) is 11.8 Å². The molecule has 1 saturated heterocycles. The molecule has 1 aromatic heterocycles. The van der Waals surface area contributed by atoms with Crippen LogP contribution in [0.1, 0.15) is 62.1 Å². The van der Waals surface area contributed by atoms with E-state index in [1.165, 1.54) is 24.3 Å². The van der Waals surface area contributed by atoms with Gasteiger partial charge in [-0.15, -0.1) is 0 Å². The summed E-state index contributed by atoms with van der Waals surface area (Å²) < 4.78 is 57.2. The molecule has 232 valence electrons. The third-order valence-corrected chi connectivity index (χ3v) is 8.60. The van der Waals surface area contributed by atoms with Gasteiger partial charge in [-0.05, 0) is 55.5 Å². The number of carbonyl (C=O) groups excluding carboxylic acids is 3. The van der Waals surface area contributed by atoms with Crippen LogP contribution in [0.25, 0.3) is 0 Å². The fraction of sp³-hybridized carbons (Fsp3) is 0.364. The first-order valence-corrected chi connectivity index (χ1v) is 14.8. The molecule has 2 aromatic carbocycles. The van der Waals surface area contributed by atoms with Crippen LogP contribution in [0.3, 0.4) is 0 Å². The van der Waals surface area contributed by atoms with E-state index in [1.54, 1.807) is 12.1 Å². The number of amides is 2. The number of nitrogens with zero attached hydrogens (tertiary/aromatic N) is 4. The predicted molar refractivity (Wildman–Crippen MR) is 157 cm³/mol. The molecule has 0 radical (unpaired) electrons. The van der Waals surface area contributed by atoms with Gasteiger partial charge in [-0.1, -0.05) is 35.9 Å². The van der Waals surface area contributed by atoms with E-state index in [4.69, 9.17) is 11.6 Å². The molecule has 0 N–H and O–H groups in total. The minimum absolute atomic E-state index is 0.0519. The van der Waals surface area contributed by atoms with E-state index in [0.717, 1.165) is 28.0 Å². The minimum Gasteiger partial charge on any atom is -0.297 e. The first-order valence-electron chi connectivity index (χ1n) is 14.4. The standard InChI is InChI=1S/C33H27ClF4N4O3/c34-25-7-2-1-6-24(25)30(28(43)9-8-20-10-13-33(37,38)14-11-20)41(23-5-3-4-22(35)17-23)32(45)27-18-26(36)31(44)42(27)29-16-21(19-39)12-15-40-29/h1-7,16-17,20,26-27,30H,8-11,13-14,18H2/t26-,27+,30+/m1/s1. The average molecular weight is 639 g/mol. The minimum atomic E-state index is -2.74. The summed E-state index contributed by atoms with van der Waals surface area (Å²) in [6, 6.07) is 13.6. The van der Waals surface area contributed by atoms with Gasteiger partial charge in [0.15, 0.2) is 12.0 Å². The second-order valence-corrected chi connectivity index (χ2v) is 11.6. The van der Waals surface area contributed by atoms with E-state index in [1.807, 2.05) is 6.07 Å². The van der Waals surface area contributed by atoms with E-state index in [-0.39, 0.29) is 72.1 Å². The Hall–Kier alpha value is -4.48. The van der Waals surface area contributed by atoms with Gasteiger partial charge in [-0.2, -0.15) is 10.2 Å². The Morgan fingerprint density at radius 1 is 1.16 bits per heavy atom. The molecule has 2 fully saturated rings. The molecule has 2 heterocycles. The van der Waals surface area contributed by atoms with Gasteiger partial charge in [-0.25, -0.2) is 17.6 Å². The zero-order valence-corrected chi connectivity index (χ0v) is 24.6. The lowest BCUT2D eigenvalue weighted by Crippen LogP contribution is -2.50. The number of benzene rings is 2. The van der Waals surface area contributed by atoms with Crippen LogP contribution in [-0.2, 0) is 14.4 Å². The lowest BCUT2D eigenvalue weighted by atomic mass is 9.82. The quantitative estimate of drug-likeness (QED) is 0.242. The highest BCUT2D eigenvalue weighted by atomic mass is 35.5. The summed E-state index contributed by atoms with van der Waals surface area (Å²) in [6.07, 6.45) is -0.282. The highest BCUT2D eigenvalue weighted by molar-refractivity contribution is 6.31. The molecule has 12 heteroatoms. The van der Waals surface area contributed by atoms with Crippen molar-refractivity contribution in [3.63, 3.8) is 0 Å². The van der Waals surface area contributed by atoms with Crippen molar-refractivity contribution < 1.29 is 31.9 Å². The Bertz CT molecular complexity index is 1640. The Balaban J connectivity index is 1.57. The molecule has 7 nitrogen and oxygen atoms in total. The number of hydrogen-bond acceptors (Lipinski definition) is 5. The van der Waals surface area contributed by atoms with Crippen LogP contribution in [0.4, 0.5) is 29.1 Å². The molecule has 1 saturated carbocycles. The third-order valence-electron chi connectivity index (χ3n) is 8.26. The molecule has 1 aliphatic carbocycles. The average Bonchev–Trinajstić information content (AvgIpc) is 3.32. The van der Waals surface area contributed by atoms with Crippen molar-refractivity contribution in [3.05, 3.63) is 88.8 Å². The van der Waals surface area contributed by atoms with Crippen molar-refractivity contribution in [3.8, 4) is 6.07 Å². The number of ketones is 1. The topological polar surface area (TPSA) is 94.4 Å². The van der Waals surface area contributed by atoms with Gasteiger partial charge in [0.05, 0.1) is 0 Å². The van der Waals surface area contributed by atoms with Crippen LogP contribution in [0.15, 0.2) is 54.6 Å². The first-order chi connectivity index (χ1) is 21.5. The second-order valence-electron chi connectivity index (χ2n) is 11.2. The SMILES string of the molecule is N#Cc1c#cnc(N2C(=O)[C@H](F)C[C@H]2C(=O)N(c2cccc(F)c2)[C@H](C(=O)CCC2CCC(F)(F)CC2)c2ccccc2Cl)c1. The molecule has 2 amide bonds. The van der Waals surface area contributed by atoms with Gasteiger partial charge in [-0.3, -0.25) is 24.2 Å². The Morgan fingerprint density at radius 2 is 1.89 bits per heavy atom. The molecule has 3 atom stereocenters. The maximum Gasteiger partial charge on any atom is 0.263 e. The highest BCUT2D eigenvalue weighted by Crippen LogP contribution is 2.40. The number of halogens is 5. The van der Waals surface area contributed by atoms with E-state index < -0.39 is 54.0 Å². The number of anilines is 2. The van der Waals surface area contributed by atoms with E-state index in [2.05, 4.69) is 17.2 Å². The highest BCUT2D eigenvalue weighted by Gasteiger charge is 2.49. The maximum atomic E-state index is 15.0. The van der Waals surface area contributed by atoms with E-state index >= 15 is 4.39 Å². The number of Topliss-reactive ketones (excluding diaryl/α,β-unsaturated/α-hetero) is 1. The predicted octanol–water partition coefficient (Wildman–Crippen LogP) is 6.74. The Labute approximate surface area is 262 Å². The zero-order chi connectivity index (χ0) is 32.3. The number of carbonyl (C=O) groups is 3. The second kappa shape index (κ2) is 13.3. The molecular formula is C33H27ClF4N4O3. The summed E-state index contributed by atoms with van der Waals surface area (Å²) >= 11 is 6.55. The first kappa shape index (κ1) is 31.9. The maximum absolute atomic E-state index is 15.0.